The van der Waals surface area contributed by atoms with E-state index >= 15 is 0 Å². The number of benzene rings is 1. The van der Waals surface area contributed by atoms with Gasteiger partial charge in [-0.25, -0.2) is 9.50 Å². The van der Waals surface area contributed by atoms with E-state index in [-0.39, 0.29) is 0 Å². The molecule has 3 aromatic heterocycles. The van der Waals surface area contributed by atoms with Gasteiger partial charge >= 0.3 is 0 Å². The van der Waals surface area contributed by atoms with Gasteiger partial charge in [0.2, 0.25) is 0 Å². The Morgan fingerprint density at radius 3 is 3.10 bits per heavy atom. The van der Waals surface area contributed by atoms with Crippen molar-refractivity contribution < 1.29 is 0 Å². The Bertz CT molecular complexity index is 1230. The molecule has 5 rings (SSSR count). The van der Waals surface area contributed by atoms with Crippen molar-refractivity contribution in [3.63, 3.8) is 0 Å². The molecule has 0 bridgehead atoms. The standard InChI is InChI=1S/C21H21N7S/c1-13-20(26-15-3-2-7-23-11-15)16(10-22)18-6-8-25-28(18)21(13)27-14-4-5-17-19(9-14)29-12-24-17/h4-6,8-9,12,15,23,26-27H,2-3,7,11H2,1H3. The number of aromatic nitrogens is 3. The molecule has 0 spiro atoms. The smallest absolute Gasteiger partial charge is 0.137 e. The zero-order valence-electron chi connectivity index (χ0n) is 16.1. The summed E-state index contributed by atoms with van der Waals surface area (Å²) in [6.45, 7) is 3.99. The lowest BCUT2D eigenvalue weighted by atomic mass is 10.0. The minimum absolute atomic E-state index is 0.307. The molecule has 1 unspecified atom stereocenters. The SMILES string of the molecule is Cc1c(NC2CCCNC2)c(C#N)c2ccnn2c1Nc1ccc2ncsc2c1. The predicted octanol–water partition coefficient (Wildman–Crippen LogP) is 4.03. The number of anilines is 3. The first kappa shape index (κ1) is 17.9. The van der Waals surface area contributed by atoms with Gasteiger partial charge in [0.25, 0.3) is 0 Å². The third kappa shape index (κ3) is 3.18. The summed E-state index contributed by atoms with van der Waals surface area (Å²) >= 11 is 1.62. The second-order valence-electron chi connectivity index (χ2n) is 7.31. The van der Waals surface area contributed by atoms with Crippen molar-refractivity contribution in [2.24, 2.45) is 0 Å². The molecule has 29 heavy (non-hydrogen) atoms. The summed E-state index contributed by atoms with van der Waals surface area (Å²) in [6, 6.07) is 10.7. The minimum atomic E-state index is 0.307. The predicted molar refractivity (Wildman–Crippen MR) is 117 cm³/mol. The van der Waals surface area contributed by atoms with Crippen molar-refractivity contribution in [1.82, 2.24) is 19.9 Å². The Labute approximate surface area is 172 Å². The number of hydrogen-bond acceptors (Lipinski definition) is 7. The van der Waals surface area contributed by atoms with Gasteiger partial charge in [-0.15, -0.1) is 11.3 Å². The number of hydrogen-bond donors (Lipinski definition) is 3. The number of nitriles is 1. The van der Waals surface area contributed by atoms with E-state index in [1.807, 2.05) is 35.1 Å². The molecule has 1 saturated heterocycles. The summed E-state index contributed by atoms with van der Waals surface area (Å²) in [5.41, 5.74) is 7.11. The van der Waals surface area contributed by atoms with Crippen LogP contribution in [0.4, 0.5) is 17.2 Å². The van der Waals surface area contributed by atoms with Crippen LogP contribution in [0.25, 0.3) is 15.7 Å². The second kappa shape index (κ2) is 7.35. The summed E-state index contributed by atoms with van der Waals surface area (Å²) in [5, 5.41) is 25.0. The van der Waals surface area contributed by atoms with Gasteiger partial charge < -0.3 is 16.0 Å². The number of nitrogens with zero attached hydrogens (tertiary/aromatic N) is 4. The van der Waals surface area contributed by atoms with Crippen LogP contribution < -0.4 is 16.0 Å². The highest BCUT2D eigenvalue weighted by Gasteiger charge is 2.21. The molecule has 3 N–H and O–H groups in total. The van der Waals surface area contributed by atoms with Gasteiger partial charge in [0, 0.05) is 23.8 Å². The topological polar surface area (TPSA) is 90.1 Å². The maximum Gasteiger partial charge on any atom is 0.137 e. The lowest BCUT2D eigenvalue weighted by Crippen LogP contribution is -2.38. The Kier molecular flexibility index (Phi) is 4.54. The van der Waals surface area contributed by atoms with Crippen LogP contribution in [-0.2, 0) is 0 Å². The van der Waals surface area contributed by atoms with Crippen LogP contribution in [0.3, 0.4) is 0 Å². The first-order chi connectivity index (χ1) is 14.2. The van der Waals surface area contributed by atoms with E-state index in [9.17, 15) is 5.26 Å². The highest BCUT2D eigenvalue weighted by Crippen LogP contribution is 2.34. The maximum atomic E-state index is 9.89. The van der Waals surface area contributed by atoms with E-state index < -0.39 is 0 Å². The number of thiazole rings is 1. The summed E-state index contributed by atoms with van der Waals surface area (Å²) in [4.78, 5) is 4.35. The second-order valence-corrected chi connectivity index (χ2v) is 8.20. The van der Waals surface area contributed by atoms with Crippen LogP contribution >= 0.6 is 11.3 Å². The molecular weight excluding hydrogens is 382 g/mol. The van der Waals surface area contributed by atoms with Crippen molar-refractivity contribution in [2.75, 3.05) is 23.7 Å². The minimum Gasteiger partial charge on any atom is -0.380 e. The summed E-state index contributed by atoms with van der Waals surface area (Å²) in [7, 11) is 0. The van der Waals surface area contributed by atoms with Crippen LogP contribution in [0, 0.1) is 18.3 Å². The van der Waals surface area contributed by atoms with Gasteiger partial charge in [0.1, 0.15) is 17.5 Å². The van der Waals surface area contributed by atoms with Crippen LogP contribution in [0.15, 0.2) is 36.0 Å². The lowest BCUT2D eigenvalue weighted by Gasteiger charge is -2.27. The Morgan fingerprint density at radius 2 is 2.28 bits per heavy atom. The molecule has 4 heterocycles. The molecule has 146 valence electrons. The highest BCUT2D eigenvalue weighted by molar-refractivity contribution is 7.16. The fourth-order valence-corrected chi connectivity index (χ4v) is 4.67. The van der Waals surface area contributed by atoms with Gasteiger partial charge in [0.15, 0.2) is 0 Å². The van der Waals surface area contributed by atoms with E-state index in [1.54, 1.807) is 17.5 Å². The van der Waals surface area contributed by atoms with E-state index in [0.717, 1.165) is 64.4 Å². The molecule has 0 radical (unpaired) electrons. The molecule has 1 aromatic carbocycles. The van der Waals surface area contributed by atoms with Crippen LogP contribution in [0.2, 0.25) is 0 Å². The lowest BCUT2D eigenvalue weighted by molar-refractivity contribution is 0.479. The Hall–Kier alpha value is -3.15. The monoisotopic (exact) mass is 403 g/mol. The molecular formula is C21H21N7S. The summed E-state index contributed by atoms with van der Waals surface area (Å²) in [5.74, 6) is 0.860. The van der Waals surface area contributed by atoms with E-state index in [0.29, 0.717) is 11.6 Å². The summed E-state index contributed by atoms with van der Waals surface area (Å²) < 4.78 is 2.94. The first-order valence-electron chi connectivity index (χ1n) is 9.72. The number of fused-ring (bicyclic) bond motifs is 2. The number of piperidine rings is 1. The van der Waals surface area contributed by atoms with Gasteiger partial charge in [0.05, 0.1) is 33.1 Å². The molecule has 1 aliphatic rings. The van der Waals surface area contributed by atoms with Crippen molar-refractivity contribution in [2.45, 2.75) is 25.8 Å². The molecule has 0 aliphatic carbocycles. The molecule has 7 nitrogen and oxygen atoms in total. The van der Waals surface area contributed by atoms with Crippen molar-refractivity contribution in [1.29, 1.82) is 5.26 Å². The third-order valence-electron chi connectivity index (χ3n) is 5.44. The van der Waals surface area contributed by atoms with Crippen molar-refractivity contribution in [3.05, 3.63) is 47.1 Å². The molecule has 1 atom stereocenters. The van der Waals surface area contributed by atoms with E-state index in [2.05, 4.69) is 38.2 Å². The Morgan fingerprint density at radius 1 is 1.34 bits per heavy atom. The average molecular weight is 404 g/mol. The van der Waals surface area contributed by atoms with Gasteiger partial charge in [-0.2, -0.15) is 10.4 Å². The maximum absolute atomic E-state index is 9.89. The first-order valence-corrected chi connectivity index (χ1v) is 10.6. The quantitative estimate of drug-likeness (QED) is 0.477. The molecule has 0 saturated carbocycles. The van der Waals surface area contributed by atoms with E-state index in [4.69, 9.17) is 0 Å². The van der Waals surface area contributed by atoms with Crippen LogP contribution in [-0.4, -0.2) is 33.7 Å². The van der Waals surface area contributed by atoms with Crippen LogP contribution in [0.1, 0.15) is 24.0 Å². The van der Waals surface area contributed by atoms with Gasteiger partial charge in [-0.05, 0) is 50.6 Å². The fraction of sp³-hybridized carbons (Fsp3) is 0.286. The zero-order valence-corrected chi connectivity index (χ0v) is 16.9. The number of rotatable bonds is 4. The largest absolute Gasteiger partial charge is 0.380 e. The molecule has 0 amide bonds. The molecule has 4 aromatic rings. The average Bonchev–Trinajstić information content (AvgIpc) is 3.41. The molecule has 8 heteroatoms. The fourth-order valence-electron chi connectivity index (χ4n) is 3.95. The summed E-state index contributed by atoms with van der Waals surface area (Å²) in [6.07, 6.45) is 3.96. The molecule has 1 aliphatic heterocycles. The normalized spacial score (nSPS) is 16.8. The number of nitrogens with one attached hydrogen (secondary N) is 3. The Balaban J connectivity index is 1.61. The number of pyridine rings is 1. The molecule has 1 fully saturated rings. The van der Waals surface area contributed by atoms with E-state index in [1.165, 1.54) is 0 Å². The van der Waals surface area contributed by atoms with Gasteiger partial charge in [-0.3, -0.25) is 0 Å². The van der Waals surface area contributed by atoms with Crippen molar-refractivity contribution in [3.8, 4) is 6.07 Å². The zero-order chi connectivity index (χ0) is 19.8. The van der Waals surface area contributed by atoms with Gasteiger partial charge in [-0.1, -0.05) is 0 Å². The third-order valence-corrected chi connectivity index (χ3v) is 6.23. The van der Waals surface area contributed by atoms with Crippen molar-refractivity contribution >= 4 is 44.3 Å². The highest BCUT2D eigenvalue weighted by atomic mass is 32.1. The van der Waals surface area contributed by atoms with Crippen LogP contribution in [0.5, 0.6) is 0 Å².